The number of rotatable bonds is 3. The lowest BCUT2D eigenvalue weighted by molar-refractivity contribution is 0.0333. The first-order valence-corrected chi connectivity index (χ1v) is 6.93. The van der Waals surface area contributed by atoms with Crippen molar-refractivity contribution >= 4 is 28.5 Å². The van der Waals surface area contributed by atoms with Crippen molar-refractivity contribution in [2.45, 2.75) is 13.0 Å². The first-order chi connectivity index (χ1) is 10.2. The van der Waals surface area contributed by atoms with Crippen molar-refractivity contribution in [1.29, 1.82) is 0 Å². The molecule has 0 aliphatic heterocycles. The average molecular weight is 301 g/mol. The van der Waals surface area contributed by atoms with Crippen molar-refractivity contribution in [2.75, 3.05) is 0 Å². The molecular formula is C16H13ClN2O2. The standard InChI is InChI=1S/C16H13ClN2O2/c1-10(11-6-2-4-8-13(11)17)21-16(20)15-12-7-3-5-9-14(12)18-19-15/h2-10H,1H3,(H,18,19)/t10-/m0/s1. The fraction of sp³-hybridized carbons (Fsp3) is 0.125. The molecule has 3 rings (SSSR count). The van der Waals surface area contributed by atoms with Crippen LogP contribution in [0.5, 0.6) is 0 Å². The quantitative estimate of drug-likeness (QED) is 0.740. The van der Waals surface area contributed by atoms with E-state index in [9.17, 15) is 4.79 Å². The average Bonchev–Trinajstić information content (AvgIpc) is 2.91. The molecule has 0 amide bonds. The normalized spacial score (nSPS) is 12.3. The summed E-state index contributed by atoms with van der Waals surface area (Å²) >= 11 is 6.11. The molecule has 0 fully saturated rings. The first kappa shape index (κ1) is 13.6. The van der Waals surface area contributed by atoms with Crippen LogP contribution in [0.25, 0.3) is 10.9 Å². The van der Waals surface area contributed by atoms with E-state index in [2.05, 4.69) is 10.2 Å². The summed E-state index contributed by atoms with van der Waals surface area (Å²) in [6.07, 6.45) is -0.443. The number of hydrogen-bond donors (Lipinski definition) is 1. The number of ether oxygens (including phenoxy) is 1. The van der Waals surface area contributed by atoms with E-state index in [0.717, 1.165) is 16.5 Å². The molecule has 1 N–H and O–H groups in total. The highest BCUT2D eigenvalue weighted by molar-refractivity contribution is 6.31. The van der Waals surface area contributed by atoms with Crippen molar-refractivity contribution in [3.05, 3.63) is 64.8 Å². The Labute approximate surface area is 126 Å². The minimum Gasteiger partial charge on any atom is -0.453 e. The van der Waals surface area contributed by atoms with Crippen LogP contribution in [0.2, 0.25) is 5.02 Å². The molecule has 0 saturated heterocycles. The molecule has 4 nitrogen and oxygen atoms in total. The molecule has 1 atom stereocenters. The minimum absolute atomic E-state index is 0.282. The van der Waals surface area contributed by atoms with E-state index in [4.69, 9.17) is 16.3 Å². The van der Waals surface area contributed by atoms with Gasteiger partial charge in [-0.3, -0.25) is 5.10 Å². The van der Waals surface area contributed by atoms with Gasteiger partial charge in [0.2, 0.25) is 0 Å². The topological polar surface area (TPSA) is 55.0 Å². The molecule has 0 aliphatic rings. The van der Waals surface area contributed by atoms with Gasteiger partial charge in [0.05, 0.1) is 5.52 Å². The van der Waals surface area contributed by atoms with Crippen LogP contribution in [0.15, 0.2) is 48.5 Å². The van der Waals surface area contributed by atoms with E-state index in [0.29, 0.717) is 5.02 Å². The lowest BCUT2D eigenvalue weighted by Crippen LogP contribution is -2.10. The van der Waals surface area contributed by atoms with Gasteiger partial charge in [0.15, 0.2) is 5.69 Å². The zero-order valence-electron chi connectivity index (χ0n) is 11.3. The van der Waals surface area contributed by atoms with Gasteiger partial charge in [0.25, 0.3) is 0 Å². The van der Waals surface area contributed by atoms with Gasteiger partial charge in [-0.25, -0.2) is 4.79 Å². The van der Waals surface area contributed by atoms with Crippen LogP contribution < -0.4 is 0 Å². The van der Waals surface area contributed by atoms with Gasteiger partial charge in [-0.15, -0.1) is 0 Å². The van der Waals surface area contributed by atoms with Crippen LogP contribution in [0.4, 0.5) is 0 Å². The number of aromatic amines is 1. The second-order valence-corrected chi connectivity index (χ2v) is 5.09. The summed E-state index contributed by atoms with van der Waals surface area (Å²) in [5.41, 5.74) is 1.85. The molecule has 0 aliphatic carbocycles. The maximum Gasteiger partial charge on any atom is 0.360 e. The molecule has 21 heavy (non-hydrogen) atoms. The summed E-state index contributed by atoms with van der Waals surface area (Å²) in [6, 6.07) is 14.7. The molecule has 1 heterocycles. The molecule has 0 radical (unpaired) electrons. The fourth-order valence-corrected chi connectivity index (χ4v) is 2.49. The van der Waals surface area contributed by atoms with E-state index < -0.39 is 12.1 Å². The highest BCUT2D eigenvalue weighted by atomic mass is 35.5. The third kappa shape index (κ3) is 2.62. The largest absolute Gasteiger partial charge is 0.453 e. The van der Waals surface area contributed by atoms with E-state index >= 15 is 0 Å². The number of carbonyl (C=O) groups is 1. The molecule has 0 unspecified atom stereocenters. The fourth-order valence-electron chi connectivity index (χ4n) is 2.20. The summed E-state index contributed by atoms with van der Waals surface area (Å²) < 4.78 is 5.46. The lowest BCUT2D eigenvalue weighted by atomic mass is 10.1. The van der Waals surface area contributed by atoms with Crippen molar-refractivity contribution in [1.82, 2.24) is 10.2 Å². The molecule has 3 aromatic rings. The van der Waals surface area contributed by atoms with Crippen LogP contribution in [0.1, 0.15) is 29.1 Å². The van der Waals surface area contributed by atoms with Crippen molar-refractivity contribution in [3.63, 3.8) is 0 Å². The van der Waals surface area contributed by atoms with Crippen LogP contribution in [0, 0.1) is 0 Å². The highest BCUT2D eigenvalue weighted by Gasteiger charge is 2.19. The van der Waals surface area contributed by atoms with Gasteiger partial charge < -0.3 is 4.74 Å². The maximum absolute atomic E-state index is 12.3. The lowest BCUT2D eigenvalue weighted by Gasteiger charge is -2.14. The summed E-state index contributed by atoms with van der Waals surface area (Å²) in [7, 11) is 0. The summed E-state index contributed by atoms with van der Waals surface area (Å²) in [5, 5.41) is 8.17. The van der Waals surface area contributed by atoms with Crippen LogP contribution in [-0.2, 0) is 4.74 Å². The molecule has 106 valence electrons. The number of H-pyrrole nitrogens is 1. The highest BCUT2D eigenvalue weighted by Crippen LogP contribution is 2.26. The SMILES string of the molecule is C[C@H](OC(=O)c1n[nH]c2ccccc12)c1ccccc1Cl. The number of esters is 1. The zero-order valence-corrected chi connectivity index (χ0v) is 12.1. The number of nitrogens with one attached hydrogen (secondary N) is 1. The zero-order chi connectivity index (χ0) is 14.8. The molecule has 0 spiro atoms. The van der Waals surface area contributed by atoms with Crippen molar-refractivity contribution in [3.8, 4) is 0 Å². The van der Waals surface area contributed by atoms with E-state index in [1.807, 2.05) is 42.5 Å². The predicted octanol–water partition coefficient (Wildman–Crippen LogP) is 4.13. The van der Waals surface area contributed by atoms with Gasteiger partial charge in [-0.05, 0) is 19.1 Å². The number of fused-ring (bicyclic) bond motifs is 1. The van der Waals surface area contributed by atoms with Crippen molar-refractivity contribution in [2.24, 2.45) is 0 Å². The number of carbonyl (C=O) groups excluding carboxylic acids is 1. The molecule has 2 aromatic carbocycles. The number of para-hydroxylation sites is 1. The van der Waals surface area contributed by atoms with Gasteiger partial charge in [0, 0.05) is 16.0 Å². The summed E-state index contributed by atoms with van der Waals surface area (Å²) in [4.78, 5) is 12.3. The second kappa shape index (κ2) is 5.58. The number of nitrogens with zero attached hydrogens (tertiary/aromatic N) is 1. The summed E-state index contributed by atoms with van der Waals surface area (Å²) in [6.45, 7) is 1.79. The number of benzene rings is 2. The Balaban J connectivity index is 1.85. The predicted molar refractivity (Wildman–Crippen MR) is 81.4 cm³/mol. The Kier molecular flexibility index (Phi) is 3.62. The number of hydrogen-bond acceptors (Lipinski definition) is 3. The Hall–Kier alpha value is -2.33. The monoisotopic (exact) mass is 300 g/mol. The van der Waals surface area contributed by atoms with E-state index in [-0.39, 0.29) is 5.69 Å². The van der Waals surface area contributed by atoms with E-state index in [1.165, 1.54) is 0 Å². The number of aromatic nitrogens is 2. The Bertz CT molecular complexity index is 798. The Morgan fingerprint density at radius 1 is 1.19 bits per heavy atom. The van der Waals surface area contributed by atoms with Gasteiger partial charge in [0.1, 0.15) is 6.10 Å². The van der Waals surface area contributed by atoms with Crippen LogP contribution >= 0.6 is 11.6 Å². The van der Waals surface area contributed by atoms with E-state index in [1.54, 1.807) is 13.0 Å². The maximum atomic E-state index is 12.3. The van der Waals surface area contributed by atoms with Crippen LogP contribution in [-0.4, -0.2) is 16.2 Å². The Morgan fingerprint density at radius 2 is 1.90 bits per heavy atom. The van der Waals surface area contributed by atoms with Crippen molar-refractivity contribution < 1.29 is 9.53 Å². The van der Waals surface area contributed by atoms with Gasteiger partial charge in [-0.2, -0.15) is 5.10 Å². The Morgan fingerprint density at radius 3 is 2.71 bits per heavy atom. The third-order valence-electron chi connectivity index (χ3n) is 3.29. The van der Waals surface area contributed by atoms with Crippen LogP contribution in [0.3, 0.4) is 0 Å². The molecular weight excluding hydrogens is 288 g/mol. The molecule has 5 heteroatoms. The molecule has 0 bridgehead atoms. The van der Waals surface area contributed by atoms with Gasteiger partial charge >= 0.3 is 5.97 Å². The minimum atomic E-state index is -0.472. The second-order valence-electron chi connectivity index (χ2n) is 4.69. The molecule has 1 aromatic heterocycles. The number of halogens is 1. The molecule has 0 saturated carbocycles. The summed E-state index contributed by atoms with van der Waals surface area (Å²) in [5.74, 6) is -0.472. The smallest absolute Gasteiger partial charge is 0.360 e. The first-order valence-electron chi connectivity index (χ1n) is 6.55. The van der Waals surface area contributed by atoms with Gasteiger partial charge in [-0.1, -0.05) is 48.0 Å². The third-order valence-corrected chi connectivity index (χ3v) is 3.63.